The second-order valence-electron chi connectivity index (χ2n) is 4.24. The van der Waals surface area contributed by atoms with Crippen molar-refractivity contribution in [3.8, 4) is 6.07 Å². The summed E-state index contributed by atoms with van der Waals surface area (Å²) in [5, 5.41) is 10.8. The molecule has 0 aromatic carbocycles. The number of hydrogen-bond acceptors (Lipinski definition) is 7. The average Bonchev–Trinajstić information content (AvgIpc) is 2.55. The van der Waals surface area contributed by atoms with Crippen molar-refractivity contribution in [2.75, 3.05) is 5.32 Å². The van der Waals surface area contributed by atoms with Crippen LogP contribution in [0.15, 0.2) is 53.1 Å². The van der Waals surface area contributed by atoms with Gasteiger partial charge in [-0.2, -0.15) is 18.4 Å². The zero-order valence-electron chi connectivity index (χ0n) is 11.7. The first-order chi connectivity index (χ1) is 11.2. The first-order valence-electron chi connectivity index (χ1n) is 6.16. The molecule has 0 amide bonds. The predicted molar refractivity (Wildman–Crippen MR) is 75.8 cm³/mol. The Morgan fingerprint density at radius 1 is 1.21 bits per heavy atom. The number of pyridine rings is 1. The third kappa shape index (κ3) is 3.85. The van der Waals surface area contributed by atoms with Gasteiger partial charge in [0, 0.05) is 24.8 Å². The van der Waals surface area contributed by atoms with Gasteiger partial charge >= 0.3 is 6.18 Å². The van der Waals surface area contributed by atoms with Crippen LogP contribution >= 0.6 is 0 Å². The number of nitriles is 1. The van der Waals surface area contributed by atoms with Gasteiger partial charge in [0.1, 0.15) is 11.9 Å². The van der Waals surface area contributed by atoms with Crippen molar-refractivity contribution in [3.63, 3.8) is 0 Å². The summed E-state index contributed by atoms with van der Waals surface area (Å²) in [5.74, 6) is 0.181. The van der Waals surface area contributed by atoms with Crippen LogP contribution < -0.4 is 5.32 Å². The number of alkyl halides is 3. The van der Waals surface area contributed by atoms with E-state index in [2.05, 4.69) is 20.3 Å². The van der Waals surface area contributed by atoms with E-state index in [0.29, 0.717) is 18.3 Å². The van der Waals surface area contributed by atoms with Crippen LogP contribution in [0.25, 0.3) is 0 Å². The van der Waals surface area contributed by atoms with Crippen LogP contribution in [0, 0.1) is 11.3 Å². The number of anilines is 1. The Labute approximate surface area is 134 Å². The van der Waals surface area contributed by atoms with Gasteiger partial charge in [-0.05, 0) is 12.1 Å². The standard InChI is InChI=1S/C13H8F3N5O2S/c14-13(15,16)9-1-2-12(21-6-9)24(22,23)10(5-17)7-20-11-8-18-3-4-19-11/h1-4,6-8H,(H,19,20)/b10-7-. The molecular formula is C13H8F3N5O2S. The van der Waals surface area contributed by atoms with Crippen LogP contribution in [0.2, 0.25) is 0 Å². The van der Waals surface area contributed by atoms with Crippen LogP contribution in [0.3, 0.4) is 0 Å². The van der Waals surface area contributed by atoms with E-state index in [4.69, 9.17) is 5.26 Å². The molecule has 2 rings (SSSR count). The van der Waals surface area contributed by atoms with E-state index in [1.54, 1.807) is 0 Å². The Hall–Kier alpha value is -3.00. The van der Waals surface area contributed by atoms with Crippen molar-refractivity contribution >= 4 is 15.7 Å². The summed E-state index contributed by atoms with van der Waals surface area (Å²) in [7, 11) is -4.37. The molecule has 0 aliphatic rings. The summed E-state index contributed by atoms with van der Waals surface area (Å²) in [6, 6.07) is 2.72. The minimum Gasteiger partial charge on any atom is -0.343 e. The molecule has 0 atom stereocenters. The summed E-state index contributed by atoms with van der Waals surface area (Å²) in [5.41, 5.74) is -1.10. The smallest absolute Gasteiger partial charge is 0.343 e. The van der Waals surface area contributed by atoms with E-state index in [0.717, 1.165) is 6.20 Å². The number of hydrogen-bond donors (Lipinski definition) is 1. The number of allylic oxidation sites excluding steroid dienone is 1. The van der Waals surface area contributed by atoms with Crippen molar-refractivity contribution in [2.24, 2.45) is 0 Å². The quantitative estimate of drug-likeness (QED) is 0.837. The Morgan fingerprint density at radius 3 is 2.46 bits per heavy atom. The molecule has 1 N–H and O–H groups in total. The van der Waals surface area contributed by atoms with Crippen LogP contribution in [0.4, 0.5) is 19.0 Å². The Bertz CT molecular complexity index is 888. The maximum absolute atomic E-state index is 12.5. The molecule has 2 heterocycles. The summed E-state index contributed by atoms with van der Waals surface area (Å²) >= 11 is 0. The minimum absolute atomic E-state index is 0.181. The van der Waals surface area contributed by atoms with Gasteiger partial charge < -0.3 is 5.32 Å². The van der Waals surface area contributed by atoms with Crippen LogP contribution in [0.5, 0.6) is 0 Å². The van der Waals surface area contributed by atoms with Crippen LogP contribution in [-0.4, -0.2) is 23.4 Å². The molecule has 0 unspecified atom stereocenters. The Balaban J connectivity index is 2.32. The molecule has 0 aliphatic carbocycles. The number of sulfone groups is 1. The molecule has 2 aromatic rings. The summed E-state index contributed by atoms with van der Waals surface area (Å²) in [4.78, 5) is 10.1. The lowest BCUT2D eigenvalue weighted by atomic mass is 10.3. The van der Waals surface area contributed by atoms with Crippen molar-refractivity contribution in [2.45, 2.75) is 11.2 Å². The van der Waals surface area contributed by atoms with Gasteiger partial charge in [-0.1, -0.05) is 0 Å². The largest absolute Gasteiger partial charge is 0.417 e. The topological polar surface area (TPSA) is 109 Å². The molecule has 24 heavy (non-hydrogen) atoms. The highest BCUT2D eigenvalue weighted by Gasteiger charge is 2.32. The third-order valence-corrected chi connectivity index (χ3v) is 4.23. The van der Waals surface area contributed by atoms with Gasteiger partial charge in [0.2, 0.25) is 9.84 Å². The van der Waals surface area contributed by atoms with Crippen molar-refractivity contribution in [1.29, 1.82) is 5.26 Å². The molecule has 0 spiro atoms. The van der Waals surface area contributed by atoms with Crippen molar-refractivity contribution in [3.05, 3.63) is 53.6 Å². The normalized spacial score (nSPS) is 12.5. The molecule has 0 bridgehead atoms. The van der Waals surface area contributed by atoms with Crippen molar-refractivity contribution in [1.82, 2.24) is 15.0 Å². The Kier molecular flexibility index (Phi) is 4.79. The summed E-state index contributed by atoms with van der Waals surface area (Å²) in [6.45, 7) is 0. The van der Waals surface area contributed by atoms with E-state index in [1.807, 2.05) is 0 Å². The van der Waals surface area contributed by atoms with Gasteiger partial charge in [0.05, 0.1) is 11.8 Å². The van der Waals surface area contributed by atoms with Crippen LogP contribution in [0.1, 0.15) is 5.56 Å². The Morgan fingerprint density at radius 2 is 1.96 bits per heavy atom. The lowest BCUT2D eigenvalue weighted by Crippen LogP contribution is -2.10. The van der Waals surface area contributed by atoms with Gasteiger partial charge in [-0.25, -0.2) is 18.4 Å². The zero-order chi connectivity index (χ0) is 17.8. The van der Waals surface area contributed by atoms with Crippen LogP contribution in [-0.2, 0) is 16.0 Å². The molecule has 124 valence electrons. The molecule has 0 fully saturated rings. The van der Waals surface area contributed by atoms with Gasteiger partial charge in [-0.3, -0.25) is 4.98 Å². The third-order valence-electron chi connectivity index (χ3n) is 2.65. The van der Waals surface area contributed by atoms with E-state index in [-0.39, 0.29) is 5.82 Å². The molecule has 0 saturated carbocycles. The number of rotatable bonds is 4. The number of nitrogens with zero attached hydrogens (tertiary/aromatic N) is 4. The lowest BCUT2D eigenvalue weighted by molar-refractivity contribution is -0.137. The highest BCUT2D eigenvalue weighted by molar-refractivity contribution is 7.95. The molecule has 11 heteroatoms. The maximum Gasteiger partial charge on any atom is 0.417 e. The first-order valence-corrected chi connectivity index (χ1v) is 7.64. The fourth-order valence-corrected chi connectivity index (χ4v) is 2.50. The summed E-state index contributed by atoms with van der Waals surface area (Å²) in [6.07, 6.45) is 0.624. The van der Waals surface area contributed by atoms with Gasteiger partial charge in [-0.15, -0.1) is 0 Å². The predicted octanol–water partition coefficient (Wildman–Crippen LogP) is 2.14. The molecule has 0 aliphatic heterocycles. The van der Waals surface area contributed by atoms with Gasteiger partial charge in [0.25, 0.3) is 0 Å². The fraction of sp³-hybridized carbons (Fsp3) is 0.0769. The zero-order valence-corrected chi connectivity index (χ0v) is 12.5. The SMILES string of the molecule is N#C/C(=C/Nc1cnccn1)S(=O)(=O)c1ccc(C(F)(F)F)cn1. The molecule has 0 radical (unpaired) electrons. The number of nitrogens with one attached hydrogen (secondary N) is 1. The fourth-order valence-electron chi connectivity index (χ4n) is 1.50. The highest BCUT2D eigenvalue weighted by atomic mass is 32.2. The maximum atomic E-state index is 12.5. The average molecular weight is 355 g/mol. The van der Waals surface area contributed by atoms with E-state index in [1.165, 1.54) is 24.7 Å². The highest BCUT2D eigenvalue weighted by Crippen LogP contribution is 2.29. The van der Waals surface area contributed by atoms with E-state index >= 15 is 0 Å². The number of halogens is 3. The van der Waals surface area contributed by atoms with Gasteiger partial charge in [0.15, 0.2) is 9.93 Å². The number of aromatic nitrogens is 3. The van der Waals surface area contributed by atoms with E-state index in [9.17, 15) is 21.6 Å². The molecule has 7 nitrogen and oxygen atoms in total. The molecule has 2 aromatic heterocycles. The molecular weight excluding hydrogens is 347 g/mol. The second kappa shape index (κ2) is 6.63. The minimum atomic E-state index is -4.64. The monoisotopic (exact) mass is 355 g/mol. The summed E-state index contributed by atoms with van der Waals surface area (Å²) < 4.78 is 61.9. The second-order valence-corrected chi connectivity index (χ2v) is 6.11. The molecule has 0 saturated heterocycles. The van der Waals surface area contributed by atoms with Crippen molar-refractivity contribution < 1.29 is 21.6 Å². The van der Waals surface area contributed by atoms with E-state index < -0.39 is 31.5 Å². The lowest BCUT2D eigenvalue weighted by Gasteiger charge is -2.07. The first kappa shape index (κ1) is 17.4.